The van der Waals surface area contributed by atoms with Gasteiger partial charge < -0.3 is 9.72 Å². The van der Waals surface area contributed by atoms with Gasteiger partial charge in [0.1, 0.15) is 5.82 Å². The van der Waals surface area contributed by atoms with Crippen LogP contribution in [-0.2, 0) is 6.42 Å². The van der Waals surface area contributed by atoms with Gasteiger partial charge in [0.2, 0.25) is 0 Å². The number of nitrogens with one attached hydrogen (secondary N) is 1. The number of rotatable bonds is 2. The van der Waals surface area contributed by atoms with Gasteiger partial charge in [-0.25, -0.2) is 4.98 Å². The number of fused-ring (bicyclic) bond motifs is 1. The standard InChI is InChI=1S/C13H16ClN3/c14-11-3-4-12-8-16-13(17(12)9-11)6-10-2-1-5-15-7-10/h3-4,8-10,15H,1-2,5-7H2. The Labute approximate surface area is 106 Å². The van der Waals surface area contributed by atoms with Crippen molar-refractivity contribution < 1.29 is 0 Å². The molecule has 0 bridgehead atoms. The Balaban J connectivity index is 1.86. The number of pyridine rings is 1. The van der Waals surface area contributed by atoms with Gasteiger partial charge in [-0.2, -0.15) is 0 Å². The summed E-state index contributed by atoms with van der Waals surface area (Å²) < 4.78 is 2.11. The first kappa shape index (κ1) is 11.1. The van der Waals surface area contributed by atoms with Crippen LogP contribution in [0.2, 0.25) is 5.02 Å². The fourth-order valence-electron chi connectivity index (χ4n) is 2.53. The van der Waals surface area contributed by atoms with Gasteiger partial charge in [0.15, 0.2) is 0 Å². The van der Waals surface area contributed by atoms with Gasteiger partial charge in [0, 0.05) is 12.6 Å². The maximum absolute atomic E-state index is 6.03. The molecule has 2 aromatic rings. The molecule has 1 aliphatic rings. The van der Waals surface area contributed by atoms with E-state index in [1.54, 1.807) is 0 Å². The first-order valence-corrected chi connectivity index (χ1v) is 6.53. The van der Waals surface area contributed by atoms with Crippen LogP contribution in [0.3, 0.4) is 0 Å². The average molecular weight is 250 g/mol. The van der Waals surface area contributed by atoms with Crippen molar-refractivity contribution in [1.29, 1.82) is 0 Å². The Kier molecular flexibility index (Phi) is 3.04. The third-order valence-corrected chi connectivity index (χ3v) is 3.66. The molecule has 3 heterocycles. The lowest BCUT2D eigenvalue weighted by atomic mass is 9.96. The highest BCUT2D eigenvalue weighted by Gasteiger charge is 2.16. The lowest BCUT2D eigenvalue weighted by molar-refractivity contribution is 0.370. The molecule has 1 N–H and O–H groups in total. The third kappa shape index (κ3) is 2.31. The normalized spacial score (nSPS) is 20.9. The summed E-state index contributed by atoms with van der Waals surface area (Å²) in [6.07, 6.45) is 7.47. The minimum absolute atomic E-state index is 0.702. The minimum atomic E-state index is 0.702. The second-order valence-electron chi connectivity index (χ2n) is 4.73. The lowest BCUT2D eigenvalue weighted by Crippen LogP contribution is -2.31. The molecule has 3 nitrogen and oxygen atoms in total. The highest BCUT2D eigenvalue weighted by molar-refractivity contribution is 6.30. The van der Waals surface area contributed by atoms with E-state index in [4.69, 9.17) is 11.6 Å². The molecule has 2 aromatic heterocycles. The Hall–Kier alpha value is -1.06. The molecular weight excluding hydrogens is 234 g/mol. The van der Waals surface area contributed by atoms with E-state index in [2.05, 4.69) is 14.7 Å². The van der Waals surface area contributed by atoms with E-state index < -0.39 is 0 Å². The van der Waals surface area contributed by atoms with Crippen molar-refractivity contribution in [2.75, 3.05) is 13.1 Å². The van der Waals surface area contributed by atoms with E-state index >= 15 is 0 Å². The molecule has 0 spiro atoms. The number of imidazole rings is 1. The van der Waals surface area contributed by atoms with Gasteiger partial charge in [-0.05, 0) is 44.0 Å². The van der Waals surface area contributed by atoms with Crippen LogP contribution in [0, 0.1) is 5.92 Å². The van der Waals surface area contributed by atoms with Crippen molar-refractivity contribution in [3.05, 3.63) is 35.4 Å². The number of aromatic nitrogens is 2. The van der Waals surface area contributed by atoms with E-state index in [1.165, 1.54) is 12.8 Å². The SMILES string of the molecule is Clc1ccc2cnc(CC3CCCNC3)n2c1. The number of piperidine rings is 1. The number of nitrogens with zero attached hydrogens (tertiary/aromatic N) is 2. The summed E-state index contributed by atoms with van der Waals surface area (Å²) in [6.45, 7) is 2.26. The van der Waals surface area contributed by atoms with Crippen LogP contribution < -0.4 is 5.32 Å². The summed E-state index contributed by atoms with van der Waals surface area (Å²) in [4.78, 5) is 4.51. The molecular formula is C13H16ClN3. The van der Waals surface area contributed by atoms with E-state index in [0.29, 0.717) is 5.92 Å². The Morgan fingerprint density at radius 2 is 2.41 bits per heavy atom. The molecule has 0 aliphatic carbocycles. The van der Waals surface area contributed by atoms with E-state index in [1.807, 2.05) is 24.5 Å². The number of halogens is 1. The van der Waals surface area contributed by atoms with Gasteiger partial charge in [-0.1, -0.05) is 11.6 Å². The highest BCUT2D eigenvalue weighted by Crippen LogP contribution is 2.18. The first-order chi connectivity index (χ1) is 8.33. The summed E-state index contributed by atoms with van der Waals surface area (Å²) in [5, 5.41) is 4.21. The molecule has 17 heavy (non-hydrogen) atoms. The molecule has 0 aromatic carbocycles. The van der Waals surface area contributed by atoms with Crippen molar-refractivity contribution in [1.82, 2.24) is 14.7 Å². The monoisotopic (exact) mass is 249 g/mol. The average Bonchev–Trinajstić information content (AvgIpc) is 2.73. The predicted molar refractivity (Wildman–Crippen MR) is 69.5 cm³/mol. The third-order valence-electron chi connectivity index (χ3n) is 3.44. The Bertz CT molecular complexity index is 514. The quantitative estimate of drug-likeness (QED) is 0.886. The van der Waals surface area contributed by atoms with Crippen molar-refractivity contribution in [3.63, 3.8) is 0 Å². The van der Waals surface area contributed by atoms with Gasteiger partial charge in [-0.3, -0.25) is 0 Å². The summed E-state index contributed by atoms with van der Waals surface area (Å²) in [6, 6.07) is 3.92. The molecule has 90 valence electrons. The molecule has 1 saturated heterocycles. The van der Waals surface area contributed by atoms with Crippen LogP contribution in [-0.4, -0.2) is 22.5 Å². The van der Waals surface area contributed by atoms with Gasteiger partial charge in [-0.15, -0.1) is 0 Å². The lowest BCUT2D eigenvalue weighted by Gasteiger charge is -2.22. The van der Waals surface area contributed by atoms with Gasteiger partial charge >= 0.3 is 0 Å². The molecule has 1 fully saturated rings. The predicted octanol–water partition coefficient (Wildman–Crippen LogP) is 2.53. The molecule has 0 amide bonds. The fourth-order valence-corrected chi connectivity index (χ4v) is 2.69. The zero-order chi connectivity index (χ0) is 11.7. The maximum Gasteiger partial charge on any atom is 0.113 e. The molecule has 0 radical (unpaired) electrons. The number of hydrogen-bond acceptors (Lipinski definition) is 2. The largest absolute Gasteiger partial charge is 0.316 e. The first-order valence-electron chi connectivity index (χ1n) is 6.15. The van der Waals surface area contributed by atoms with Crippen molar-refractivity contribution >= 4 is 17.1 Å². The smallest absolute Gasteiger partial charge is 0.113 e. The van der Waals surface area contributed by atoms with E-state index in [0.717, 1.165) is 35.9 Å². The zero-order valence-electron chi connectivity index (χ0n) is 9.69. The minimum Gasteiger partial charge on any atom is -0.316 e. The molecule has 0 saturated carbocycles. The van der Waals surface area contributed by atoms with Crippen LogP contribution in [0.15, 0.2) is 24.5 Å². The fraction of sp³-hybridized carbons (Fsp3) is 0.462. The number of hydrogen-bond donors (Lipinski definition) is 1. The molecule has 4 heteroatoms. The second-order valence-corrected chi connectivity index (χ2v) is 5.17. The maximum atomic E-state index is 6.03. The van der Waals surface area contributed by atoms with Crippen LogP contribution in [0.4, 0.5) is 0 Å². The van der Waals surface area contributed by atoms with E-state index in [9.17, 15) is 0 Å². The van der Waals surface area contributed by atoms with Crippen molar-refractivity contribution in [3.8, 4) is 0 Å². The van der Waals surface area contributed by atoms with Crippen LogP contribution in [0.5, 0.6) is 0 Å². The zero-order valence-corrected chi connectivity index (χ0v) is 10.5. The summed E-state index contributed by atoms with van der Waals surface area (Å²) >= 11 is 6.03. The molecule has 3 rings (SSSR count). The molecule has 1 atom stereocenters. The summed E-state index contributed by atoms with van der Waals surface area (Å²) in [5.74, 6) is 1.82. The summed E-state index contributed by atoms with van der Waals surface area (Å²) in [7, 11) is 0. The Morgan fingerprint density at radius 3 is 3.24 bits per heavy atom. The second kappa shape index (κ2) is 4.67. The van der Waals surface area contributed by atoms with Crippen LogP contribution in [0.1, 0.15) is 18.7 Å². The van der Waals surface area contributed by atoms with Crippen molar-refractivity contribution in [2.24, 2.45) is 5.92 Å². The Morgan fingerprint density at radius 1 is 1.47 bits per heavy atom. The highest BCUT2D eigenvalue weighted by atomic mass is 35.5. The summed E-state index contributed by atoms with van der Waals surface area (Å²) in [5.41, 5.74) is 1.12. The molecule has 1 unspecified atom stereocenters. The van der Waals surface area contributed by atoms with Gasteiger partial charge in [0.05, 0.1) is 16.7 Å². The van der Waals surface area contributed by atoms with E-state index in [-0.39, 0.29) is 0 Å². The molecule has 1 aliphatic heterocycles. The van der Waals surface area contributed by atoms with Gasteiger partial charge in [0.25, 0.3) is 0 Å². The van der Waals surface area contributed by atoms with Crippen molar-refractivity contribution in [2.45, 2.75) is 19.3 Å². The topological polar surface area (TPSA) is 29.3 Å². The van der Waals surface area contributed by atoms with Crippen LogP contribution in [0.25, 0.3) is 5.52 Å². The van der Waals surface area contributed by atoms with Crippen LogP contribution >= 0.6 is 11.6 Å².